The molecule has 24 heavy (non-hydrogen) atoms. The van der Waals surface area contributed by atoms with Gasteiger partial charge in [-0.1, -0.05) is 6.07 Å². The zero-order valence-corrected chi connectivity index (χ0v) is 15.0. The molecule has 1 aromatic rings. The Morgan fingerprint density at radius 2 is 2.38 bits per heavy atom. The molecule has 1 aliphatic carbocycles. The monoisotopic (exact) mass is 347 g/mol. The van der Waals surface area contributed by atoms with Crippen LogP contribution < -0.4 is 5.32 Å². The van der Waals surface area contributed by atoms with E-state index < -0.39 is 5.54 Å². The van der Waals surface area contributed by atoms with Crippen LogP contribution >= 0.6 is 11.3 Å². The average molecular weight is 347 g/mol. The van der Waals surface area contributed by atoms with Gasteiger partial charge in [-0.15, -0.1) is 11.3 Å². The predicted octanol–water partition coefficient (Wildman–Crippen LogP) is 2.54. The van der Waals surface area contributed by atoms with E-state index in [0.29, 0.717) is 12.5 Å². The van der Waals surface area contributed by atoms with Crippen LogP contribution in [0.3, 0.4) is 0 Å². The molecule has 5 nitrogen and oxygen atoms in total. The van der Waals surface area contributed by atoms with Gasteiger partial charge >= 0.3 is 0 Å². The highest BCUT2D eigenvalue weighted by atomic mass is 32.1. The Kier molecular flexibility index (Phi) is 5.54. The predicted molar refractivity (Wildman–Crippen MR) is 93.5 cm³/mol. The van der Waals surface area contributed by atoms with Crippen molar-refractivity contribution in [3.63, 3.8) is 0 Å². The van der Waals surface area contributed by atoms with Crippen LogP contribution in [0.25, 0.3) is 0 Å². The number of hydrogen-bond acceptors (Lipinski definition) is 5. The summed E-state index contributed by atoms with van der Waals surface area (Å²) in [6.07, 6.45) is 4.42. The van der Waals surface area contributed by atoms with Crippen molar-refractivity contribution in [2.45, 2.75) is 50.8 Å². The molecule has 1 aromatic heterocycles. The van der Waals surface area contributed by atoms with Crippen LogP contribution in [0.4, 0.5) is 0 Å². The van der Waals surface area contributed by atoms with Crippen molar-refractivity contribution in [1.29, 1.82) is 5.26 Å². The van der Waals surface area contributed by atoms with Crippen molar-refractivity contribution >= 4 is 17.2 Å². The van der Waals surface area contributed by atoms with Gasteiger partial charge in [0.1, 0.15) is 5.54 Å². The Balaban J connectivity index is 1.59. The van der Waals surface area contributed by atoms with Crippen LogP contribution in [-0.4, -0.2) is 42.1 Å². The topological polar surface area (TPSA) is 65.4 Å². The highest BCUT2D eigenvalue weighted by Gasteiger charge is 2.43. The van der Waals surface area contributed by atoms with Crippen molar-refractivity contribution in [1.82, 2.24) is 10.2 Å². The molecule has 1 saturated heterocycles. The molecule has 0 unspecified atom stereocenters. The third-order valence-electron chi connectivity index (χ3n) is 4.84. The summed E-state index contributed by atoms with van der Waals surface area (Å²) in [5, 5.41) is 14.4. The van der Waals surface area contributed by atoms with E-state index in [1.165, 1.54) is 4.88 Å². The maximum atomic E-state index is 12.5. The zero-order chi connectivity index (χ0) is 17.0. The number of amides is 1. The molecular formula is C18H25N3O2S. The van der Waals surface area contributed by atoms with E-state index in [0.717, 1.165) is 45.4 Å². The summed E-state index contributed by atoms with van der Waals surface area (Å²) in [6, 6.07) is 6.41. The number of carbonyl (C=O) groups is 1. The Morgan fingerprint density at radius 3 is 2.96 bits per heavy atom. The van der Waals surface area contributed by atoms with Gasteiger partial charge in [0.15, 0.2) is 0 Å². The van der Waals surface area contributed by atoms with Crippen molar-refractivity contribution in [2.24, 2.45) is 5.92 Å². The molecule has 6 heteroatoms. The first kappa shape index (κ1) is 17.4. The van der Waals surface area contributed by atoms with E-state index >= 15 is 0 Å². The number of carbonyl (C=O) groups excluding carboxylic acids is 1. The molecule has 0 aromatic carbocycles. The van der Waals surface area contributed by atoms with Gasteiger partial charge in [0.05, 0.1) is 18.7 Å². The summed E-state index contributed by atoms with van der Waals surface area (Å²) < 4.78 is 5.73. The highest BCUT2D eigenvalue weighted by molar-refractivity contribution is 7.09. The van der Waals surface area contributed by atoms with E-state index in [9.17, 15) is 10.1 Å². The summed E-state index contributed by atoms with van der Waals surface area (Å²) in [5.74, 6) is 0.232. The average Bonchev–Trinajstić information content (AvgIpc) is 3.07. The molecule has 0 bridgehead atoms. The largest absolute Gasteiger partial charge is 0.377 e. The van der Waals surface area contributed by atoms with Gasteiger partial charge in [-0.25, -0.2) is 0 Å². The highest BCUT2D eigenvalue weighted by Crippen LogP contribution is 2.39. The zero-order valence-electron chi connectivity index (χ0n) is 14.2. The molecule has 1 aliphatic heterocycles. The lowest BCUT2D eigenvalue weighted by molar-refractivity contribution is -0.124. The van der Waals surface area contributed by atoms with Gasteiger partial charge in [0, 0.05) is 24.6 Å². The molecule has 1 amide bonds. The molecule has 2 aliphatic rings. The number of nitrogens with zero attached hydrogens (tertiary/aromatic N) is 2. The number of rotatable bonds is 8. The summed E-state index contributed by atoms with van der Waals surface area (Å²) >= 11 is 1.70. The van der Waals surface area contributed by atoms with Crippen LogP contribution in [0.2, 0.25) is 0 Å². The van der Waals surface area contributed by atoms with E-state index in [2.05, 4.69) is 27.7 Å². The van der Waals surface area contributed by atoms with Gasteiger partial charge in [-0.3, -0.25) is 9.69 Å². The Bertz CT molecular complexity index is 588. The molecule has 0 spiro atoms. The molecule has 1 saturated carbocycles. The van der Waals surface area contributed by atoms with E-state index in [1.807, 2.05) is 13.0 Å². The number of ether oxygens (including phenoxy) is 1. The molecule has 2 fully saturated rings. The smallest absolute Gasteiger partial charge is 0.235 e. The minimum absolute atomic E-state index is 0.0690. The summed E-state index contributed by atoms with van der Waals surface area (Å²) in [6.45, 7) is 4.47. The van der Waals surface area contributed by atoms with Crippen molar-refractivity contribution in [2.75, 3.05) is 19.7 Å². The molecular weight excluding hydrogens is 322 g/mol. The Morgan fingerprint density at radius 1 is 1.54 bits per heavy atom. The summed E-state index contributed by atoms with van der Waals surface area (Å²) in [5.41, 5.74) is -0.727. The number of nitrogens with one attached hydrogen (secondary N) is 1. The first-order valence-electron chi connectivity index (χ1n) is 8.67. The van der Waals surface area contributed by atoms with E-state index in [1.54, 1.807) is 11.3 Å². The SMILES string of the molecule is C[C@@](C#N)(NC(=O)CN(Cc1cccs1)C[C@@H]1CCCO1)C1CC1. The second-order valence-electron chi connectivity index (χ2n) is 7.02. The minimum atomic E-state index is -0.727. The number of thiophene rings is 1. The molecule has 130 valence electrons. The lowest BCUT2D eigenvalue weighted by atomic mass is 9.98. The quantitative estimate of drug-likeness (QED) is 0.785. The second kappa shape index (κ2) is 7.64. The van der Waals surface area contributed by atoms with Crippen molar-refractivity contribution in [3.05, 3.63) is 22.4 Å². The first-order valence-corrected chi connectivity index (χ1v) is 9.55. The third kappa shape index (κ3) is 4.56. The molecule has 0 radical (unpaired) electrons. The van der Waals surface area contributed by atoms with E-state index in [4.69, 9.17) is 4.74 Å². The maximum absolute atomic E-state index is 12.5. The Hall–Kier alpha value is -1.42. The van der Waals surface area contributed by atoms with Crippen molar-refractivity contribution in [3.8, 4) is 6.07 Å². The molecule has 3 rings (SSSR count). The first-order chi connectivity index (χ1) is 11.6. The number of hydrogen-bond donors (Lipinski definition) is 1. The van der Waals surface area contributed by atoms with Gasteiger partial charge in [0.2, 0.25) is 5.91 Å². The van der Waals surface area contributed by atoms with Crippen LogP contribution in [0.15, 0.2) is 17.5 Å². The molecule has 2 heterocycles. The normalized spacial score (nSPS) is 23.0. The molecule has 1 N–H and O–H groups in total. The summed E-state index contributed by atoms with van der Waals surface area (Å²) in [7, 11) is 0. The Labute approximate surface area is 147 Å². The summed E-state index contributed by atoms with van der Waals surface area (Å²) in [4.78, 5) is 15.9. The fourth-order valence-corrected chi connectivity index (χ4v) is 4.04. The van der Waals surface area contributed by atoms with Gasteiger partial charge in [-0.2, -0.15) is 5.26 Å². The van der Waals surface area contributed by atoms with E-state index in [-0.39, 0.29) is 12.0 Å². The fourth-order valence-electron chi connectivity index (χ4n) is 3.30. The lowest BCUT2D eigenvalue weighted by Crippen LogP contribution is -2.50. The van der Waals surface area contributed by atoms with Crippen LogP contribution in [-0.2, 0) is 16.1 Å². The van der Waals surface area contributed by atoms with Gasteiger partial charge in [0.25, 0.3) is 0 Å². The third-order valence-corrected chi connectivity index (χ3v) is 5.70. The molecule has 2 atom stereocenters. The maximum Gasteiger partial charge on any atom is 0.235 e. The minimum Gasteiger partial charge on any atom is -0.377 e. The number of nitriles is 1. The standard InChI is InChI=1S/C18H25N3O2S/c1-18(13-19,14-6-7-14)20-17(22)12-21(10-15-4-2-8-23-15)11-16-5-3-9-24-16/h3,5,9,14-15H,2,4,6-8,10-12H2,1H3,(H,20,22)/t15-,18-/m0/s1. The van der Waals surface area contributed by atoms with Gasteiger partial charge in [-0.05, 0) is 50.0 Å². The second-order valence-corrected chi connectivity index (χ2v) is 8.05. The van der Waals surface area contributed by atoms with Crippen molar-refractivity contribution < 1.29 is 9.53 Å². The van der Waals surface area contributed by atoms with Gasteiger partial charge < -0.3 is 10.1 Å². The fraction of sp³-hybridized carbons (Fsp3) is 0.667. The van der Waals surface area contributed by atoms with Crippen LogP contribution in [0.1, 0.15) is 37.5 Å². The van der Waals surface area contributed by atoms with Crippen LogP contribution in [0, 0.1) is 17.2 Å². The lowest BCUT2D eigenvalue weighted by Gasteiger charge is -2.27. The van der Waals surface area contributed by atoms with Crippen LogP contribution in [0.5, 0.6) is 0 Å².